The number of carbonyl (C=O) groups is 1. The number of ketones is 1. The molecular weight excluding hydrogens is 221 g/mol. The molecule has 0 spiro atoms. The van der Waals surface area contributed by atoms with E-state index < -0.39 is 18.5 Å². The van der Waals surface area contributed by atoms with Gasteiger partial charge in [0.1, 0.15) is 0 Å². The van der Waals surface area contributed by atoms with Gasteiger partial charge in [-0.05, 0) is 18.6 Å². The van der Waals surface area contributed by atoms with Crippen LogP contribution in [-0.2, 0) is 0 Å². The number of hydrogen-bond acceptors (Lipinski definition) is 3. The lowest BCUT2D eigenvalue weighted by Crippen LogP contribution is -2.32. The molecule has 1 rings (SSSR count). The van der Waals surface area contributed by atoms with E-state index in [2.05, 4.69) is 4.98 Å². The maximum absolute atomic E-state index is 11.8. The number of hydrogen-bond donors (Lipinski definition) is 1. The summed E-state index contributed by atoms with van der Waals surface area (Å²) in [5.41, 5.74) is 1.11. The van der Waals surface area contributed by atoms with Crippen LogP contribution in [0.4, 0.5) is 13.2 Å². The molecule has 3 nitrogen and oxygen atoms in total. The molecule has 0 radical (unpaired) electrons. The van der Waals surface area contributed by atoms with Gasteiger partial charge in [-0.1, -0.05) is 0 Å². The molecule has 0 fully saturated rings. The van der Waals surface area contributed by atoms with Crippen LogP contribution in [-0.4, -0.2) is 30.0 Å². The third-order valence-electron chi connectivity index (χ3n) is 1.81. The molecule has 0 bridgehead atoms. The molecule has 1 heterocycles. The van der Waals surface area contributed by atoms with E-state index in [9.17, 15) is 18.0 Å². The Hall–Kier alpha value is -1.43. The number of aromatic nitrogens is 1. The largest absolute Gasteiger partial charge is 0.401 e. The van der Waals surface area contributed by atoms with Crippen LogP contribution in [0, 0.1) is 6.92 Å². The van der Waals surface area contributed by atoms with Crippen molar-refractivity contribution in [1.82, 2.24) is 10.3 Å². The van der Waals surface area contributed by atoms with Crippen molar-refractivity contribution in [2.45, 2.75) is 13.1 Å². The topological polar surface area (TPSA) is 42.0 Å². The zero-order chi connectivity index (χ0) is 12.2. The molecule has 0 unspecified atom stereocenters. The molecule has 0 amide bonds. The van der Waals surface area contributed by atoms with Gasteiger partial charge < -0.3 is 5.32 Å². The standard InChI is InChI=1S/C10H11F3N2O/c1-7-2-8(4-14-3-7)9(16)5-15-6-10(11,12)13/h2-4,15H,5-6H2,1H3. The molecule has 16 heavy (non-hydrogen) atoms. The van der Waals surface area contributed by atoms with E-state index in [-0.39, 0.29) is 6.54 Å². The summed E-state index contributed by atoms with van der Waals surface area (Å²) in [6.45, 7) is 0.246. The highest BCUT2D eigenvalue weighted by atomic mass is 19.4. The van der Waals surface area contributed by atoms with Crippen LogP contribution in [0.3, 0.4) is 0 Å². The number of nitrogens with zero attached hydrogens (tertiary/aromatic N) is 1. The van der Waals surface area contributed by atoms with E-state index >= 15 is 0 Å². The normalized spacial score (nSPS) is 11.5. The van der Waals surface area contributed by atoms with E-state index in [1.807, 2.05) is 5.32 Å². The lowest BCUT2D eigenvalue weighted by Gasteiger charge is -2.07. The van der Waals surface area contributed by atoms with Crippen molar-refractivity contribution >= 4 is 5.78 Å². The second kappa shape index (κ2) is 5.07. The van der Waals surface area contributed by atoms with Crippen molar-refractivity contribution in [2.24, 2.45) is 0 Å². The average molecular weight is 232 g/mol. The molecule has 0 aliphatic heterocycles. The number of rotatable bonds is 4. The molecule has 0 saturated heterocycles. The van der Waals surface area contributed by atoms with E-state index in [1.165, 1.54) is 6.20 Å². The van der Waals surface area contributed by atoms with Gasteiger partial charge in [-0.15, -0.1) is 0 Å². The number of nitrogens with one attached hydrogen (secondary N) is 1. The third kappa shape index (κ3) is 4.39. The number of Topliss-reactive ketones (excluding diaryl/α,β-unsaturated/α-hetero) is 1. The summed E-state index contributed by atoms with van der Waals surface area (Å²) in [4.78, 5) is 15.2. The summed E-state index contributed by atoms with van der Waals surface area (Å²) >= 11 is 0. The molecule has 1 aromatic heterocycles. The quantitative estimate of drug-likeness (QED) is 0.804. The van der Waals surface area contributed by atoms with Crippen LogP contribution in [0.25, 0.3) is 0 Å². The van der Waals surface area contributed by atoms with Crippen molar-refractivity contribution in [3.63, 3.8) is 0 Å². The Morgan fingerprint density at radius 2 is 2.12 bits per heavy atom. The van der Waals surface area contributed by atoms with Crippen LogP contribution in [0.5, 0.6) is 0 Å². The lowest BCUT2D eigenvalue weighted by atomic mass is 10.1. The van der Waals surface area contributed by atoms with Gasteiger partial charge in [0.05, 0.1) is 13.1 Å². The van der Waals surface area contributed by atoms with E-state index in [0.29, 0.717) is 5.56 Å². The van der Waals surface area contributed by atoms with Gasteiger partial charge in [-0.3, -0.25) is 9.78 Å². The summed E-state index contributed by atoms with van der Waals surface area (Å²) in [5.74, 6) is -0.402. The Balaban J connectivity index is 2.47. The molecule has 0 saturated carbocycles. The van der Waals surface area contributed by atoms with E-state index in [0.717, 1.165) is 5.56 Å². The monoisotopic (exact) mass is 232 g/mol. The van der Waals surface area contributed by atoms with Gasteiger partial charge >= 0.3 is 6.18 Å². The Morgan fingerprint density at radius 3 is 2.69 bits per heavy atom. The minimum absolute atomic E-state index is 0.315. The van der Waals surface area contributed by atoms with Crippen LogP contribution in [0.1, 0.15) is 15.9 Å². The van der Waals surface area contributed by atoms with Crippen molar-refractivity contribution < 1.29 is 18.0 Å². The average Bonchev–Trinajstić information content (AvgIpc) is 2.15. The van der Waals surface area contributed by atoms with Crippen molar-refractivity contribution in [1.29, 1.82) is 0 Å². The third-order valence-corrected chi connectivity index (χ3v) is 1.81. The first-order chi connectivity index (χ1) is 7.38. The molecule has 1 aromatic rings. The highest BCUT2D eigenvalue weighted by Gasteiger charge is 2.26. The Bertz CT molecular complexity index is 377. The first kappa shape index (κ1) is 12.6. The first-order valence-corrected chi connectivity index (χ1v) is 4.61. The summed E-state index contributed by atoms with van der Waals surface area (Å²) in [6, 6.07) is 1.59. The summed E-state index contributed by atoms with van der Waals surface area (Å²) in [7, 11) is 0. The molecule has 0 aliphatic carbocycles. The van der Waals surface area contributed by atoms with Crippen molar-refractivity contribution in [2.75, 3.05) is 13.1 Å². The van der Waals surface area contributed by atoms with Crippen LogP contribution in [0.15, 0.2) is 18.5 Å². The fourth-order valence-electron chi connectivity index (χ4n) is 1.13. The molecule has 0 atom stereocenters. The van der Waals surface area contributed by atoms with E-state index in [1.54, 1.807) is 19.2 Å². The minimum atomic E-state index is -4.30. The molecule has 6 heteroatoms. The molecule has 0 aromatic carbocycles. The SMILES string of the molecule is Cc1cncc(C(=O)CNCC(F)(F)F)c1. The fraction of sp³-hybridized carbons (Fsp3) is 0.400. The zero-order valence-corrected chi connectivity index (χ0v) is 8.64. The molecule has 88 valence electrons. The maximum atomic E-state index is 11.8. The van der Waals surface area contributed by atoms with Gasteiger partial charge in [0.15, 0.2) is 5.78 Å². The van der Waals surface area contributed by atoms with Crippen LogP contribution in [0.2, 0.25) is 0 Å². The second-order valence-electron chi connectivity index (χ2n) is 3.39. The summed E-state index contributed by atoms with van der Waals surface area (Å²) < 4.78 is 35.4. The highest BCUT2D eigenvalue weighted by molar-refractivity contribution is 5.97. The van der Waals surface area contributed by atoms with Gasteiger partial charge in [0.2, 0.25) is 0 Å². The minimum Gasteiger partial charge on any atom is -0.302 e. The maximum Gasteiger partial charge on any atom is 0.401 e. The predicted molar refractivity (Wildman–Crippen MR) is 52.2 cm³/mol. The van der Waals surface area contributed by atoms with E-state index in [4.69, 9.17) is 0 Å². The Morgan fingerprint density at radius 1 is 1.44 bits per heavy atom. The first-order valence-electron chi connectivity index (χ1n) is 4.61. The number of carbonyl (C=O) groups excluding carboxylic acids is 1. The summed E-state index contributed by atoms with van der Waals surface area (Å²) in [6.07, 6.45) is -1.39. The molecule has 1 N–H and O–H groups in total. The number of aryl methyl sites for hydroxylation is 1. The summed E-state index contributed by atoms with van der Waals surface area (Å²) in [5, 5.41) is 2.04. The Kier molecular flexibility index (Phi) is 4.00. The fourth-order valence-corrected chi connectivity index (χ4v) is 1.13. The number of halogens is 3. The molecule has 0 aliphatic rings. The zero-order valence-electron chi connectivity index (χ0n) is 8.64. The second-order valence-corrected chi connectivity index (χ2v) is 3.39. The van der Waals surface area contributed by atoms with Crippen molar-refractivity contribution in [3.05, 3.63) is 29.6 Å². The lowest BCUT2D eigenvalue weighted by molar-refractivity contribution is -0.124. The van der Waals surface area contributed by atoms with Crippen LogP contribution >= 0.6 is 0 Å². The number of pyridine rings is 1. The highest BCUT2D eigenvalue weighted by Crippen LogP contribution is 2.12. The Labute approximate surface area is 90.7 Å². The predicted octanol–water partition coefficient (Wildman–Crippen LogP) is 1.72. The van der Waals surface area contributed by atoms with Gasteiger partial charge in [-0.25, -0.2) is 0 Å². The number of alkyl halides is 3. The van der Waals surface area contributed by atoms with Crippen molar-refractivity contribution in [3.8, 4) is 0 Å². The smallest absolute Gasteiger partial charge is 0.302 e. The van der Waals surface area contributed by atoms with Gasteiger partial charge in [0, 0.05) is 18.0 Å². The van der Waals surface area contributed by atoms with Gasteiger partial charge in [0.25, 0.3) is 0 Å². The van der Waals surface area contributed by atoms with Crippen LogP contribution < -0.4 is 5.32 Å². The molecular formula is C10H11F3N2O. The van der Waals surface area contributed by atoms with Gasteiger partial charge in [-0.2, -0.15) is 13.2 Å².